The molecule has 2 fully saturated rings. The minimum atomic E-state index is -0.433. The average molecular weight is 424 g/mol. The van der Waals surface area contributed by atoms with Crippen LogP contribution >= 0.6 is 0 Å². The molecule has 0 radical (unpaired) electrons. The van der Waals surface area contributed by atoms with Crippen LogP contribution in [0.2, 0.25) is 0 Å². The van der Waals surface area contributed by atoms with E-state index in [0.717, 1.165) is 10.6 Å². The van der Waals surface area contributed by atoms with Crippen molar-refractivity contribution in [3.63, 3.8) is 0 Å². The number of phenolic OH excluding ortho intramolecular Hbond substituents is 1. The maximum absolute atomic E-state index is 13.1. The second-order valence-electron chi connectivity index (χ2n) is 7.73. The zero-order chi connectivity index (χ0) is 22.0. The van der Waals surface area contributed by atoms with E-state index in [0.29, 0.717) is 37.4 Å². The summed E-state index contributed by atoms with van der Waals surface area (Å²) >= 11 is 0. The summed E-state index contributed by atoms with van der Waals surface area (Å²) in [4.78, 5) is 42.0. The van der Waals surface area contributed by atoms with E-state index in [2.05, 4.69) is 4.90 Å². The summed E-state index contributed by atoms with van der Waals surface area (Å²) in [7, 11) is 0. The predicted octanol–water partition coefficient (Wildman–Crippen LogP) is 0.606. The molecule has 0 aromatic heterocycles. The van der Waals surface area contributed by atoms with Crippen LogP contribution in [0.3, 0.4) is 0 Å². The highest BCUT2D eigenvalue weighted by Gasteiger charge is 2.46. The van der Waals surface area contributed by atoms with Crippen LogP contribution in [0.5, 0.6) is 5.75 Å². The monoisotopic (exact) mass is 424 g/mol. The number of phenols is 1. The summed E-state index contributed by atoms with van der Waals surface area (Å²) in [6, 6.07) is 13.2. The Kier molecular flexibility index (Phi) is 5.90. The second kappa shape index (κ2) is 8.77. The van der Waals surface area contributed by atoms with Crippen molar-refractivity contribution in [2.24, 2.45) is 0 Å². The summed E-state index contributed by atoms with van der Waals surface area (Å²) in [5.41, 5.74) is 1.64. The van der Waals surface area contributed by atoms with E-state index in [1.165, 1.54) is 4.90 Å². The van der Waals surface area contributed by atoms with Gasteiger partial charge in [-0.05, 0) is 43.3 Å². The highest BCUT2D eigenvalue weighted by molar-refractivity contribution is 6.22. The number of para-hydroxylation sites is 2. The van der Waals surface area contributed by atoms with E-state index in [1.807, 2.05) is 12.1 Å². The van der Waals surface area contributed by atoms with Crippen molar-refractivity contribution in [3.8, 4) is 5.75 Å². The number of quaternary nitrogens is 1. The Labute approximate surface area is 180 Å². The van der Waals surface area contributed by atoms with Gasteiger partial charge in [0.25, 0.3) is 5.91 Å². The minimum Gasteiger partial charge on any atom is -0.506 e. The quantitative estimate of drug-likeness (QED) is 0.540. The summed E-state index contributed by atoms with van der Waals surface area (Å²) in [6.45, 7) is 4.81. The maximum Gasteiger partial charge on any atom is 0.338 e. The molecule has 2 aliphatic rings. The van der Waals surface area contributed by atoms with Crippen molar-refractivity contribution in [2.75, 3.05) is 42.6 Å². The molecule has 0 saturated carbocycles. The molecule has 31 heavy (non-hydrogen) atoms. The Morgan fingerprint density at radius 2 is 1.77 bits per heavy atom. The number of piperazine rings is 1. The lowest BCUT2D eigenvalue weighted by molar-refractivity contribution is -0.915. The van der Waals surface area contributed by atoms with E-state index in [-0.39, 0.29) is 30.6 Å². The van der Waals surface area contributed by atoms with E-state index >= 15 is 0 Å². The van der Waals surface area contributed by atoms with Crippen molar-refractivity contribution in [1.82, 2.24) is 0 Å². The fourth-order valence-corrected chi connectivity index (χ4v) is 4.30. The van der Waals surface area contributed by atoms with Crippen molar-refractivity contribution in [3.05, 3.63) is 54.1 Å². The SMILES string of the molecule is CCOC(=O)c1ccc(N2C(=O)C[C@H]([NH+]3CCN(c4ccccc4O)CC3)C2=O)cc1. The second-order valence-corrected chi connectivity index (χ2v) is 7.73. The maximum atomic E-state index is 13.1. The molecule has 2 aliphatic heterocycles. The molecule has 2 aromatic carbocycles. The van der Waals surface area contributed by atoms with Crippen molar-refractivity contribution in [2.45, 2.75) is 19.4 Å². The molecule has 2 saturated heterocycles. The third-order valence-corrected chi connectivity index (χ3v) is 5.90. The van der Waals surface area contributed by atoms with Crippen LogP contribution in [0, 0.1) is 0 Å². The largest absolute Gasteiger partial charge is 0.506 e. The summed E-state index contributed by atoms with van der Waals surface area (Å²) in [5, 5.41) is 10.1. The molecule has 2 heterocycles. The number of benzene rings is 2. The Balaban J connectivity index is 1.42. The summed E-state index contributed by atoms with van der Waals surface area (Å²) in [6.07, 6.45) is 0.171. The highest BCUT2D eigenvalue weighted by atomic mass is 16.5. The Bertz CT molecular complexity index is 983. The number of ether oxygens (including phenoxy) is 1. The normalized spacial score (nSPS) is 19.7. The molecule has 8 heteroatoms. The minimum absolute atomic E-state index is 0.171. The smallest absolute Gasteiger partial charge is 0.338 e. The first-order valence-electron chi connectivity index (χ1n) is 10.5. The van der Waals surface area contributed by atoms with Crippen LogP contribution in [-0.4, -0.2) is 61.7 Å². The molecule has 1 atom stereocenters. The van der Waals surface area contributed by atoms with Crippen LogP contribution in [0.1, 0.15) is 23.7 Å². The number of esters is 1. The number of aromatic hydroxyl groups is 1. The van der Waals surface area contributed by atoms with Crippen LogP contribution < -0.4 is 14.7 Å². The van der Waals surface area contributed by atoms with Crippen molar-refractivity contribution in [1.29, 1.82) is 0 Å². The van der Waals surface area contributed by atoms with Crippen LogP contribution in [0.15, 0.2) is 48.5 Å². The van der Waals surface area contributed by atoms with Gasteiger partial charge >= 0.3 is 5.97 Å². The predicted molar refractivity (Wildman–Crippen MR) is 114 cm³/mol. The highest BCUT2D eigenvalue weighted by Crippen LogP contribution is 2.27. The van der Waals surface area contributed by atoms with Gasteiger partial charge in [0, 0.05) is 0 Å². The number of imide groups is 1. The Hall–Kier alpha value is -3.39. The molecule has 0 unspecified atom stereocenters. The van der Waals surface area contributed by atoms with E-state index < -0.39 is 12.0 Å². The summed E-state index contributed by atoms with van der Waals surface area (Å²) < 4.78 is 4.97. The zero-order valence-corrected chi connectivity index (χ0v) is 17.4. The topological polar surface area (TPSA) is 91.6 Å². The molecule has 0 bridgehead atoms. The lowest BCUT2D eigenvalue weighted by atomic mass is 10.1. The van der Waals surface area contributed by atoms with Gasteiger partial charge in [0.05, 0.1) is 56.1 Å². The van der Waals surface area contributed by atoms with Crippen molar-refractivity contribution >= 4 is 29.2 Å². The van der Waals surface area contributed by atoms with Gasteiger partial charge in [-0.3, -0.25) is 9.59 Å². The van der Waals surface area contributed by atoms with Gasteiger partial charge in [-0.25, -0.2) is 9.69 Å². The van der Waals surface area contributed by atoms with Gasteiger partial charge in [0.1, 0.15) is 5.75 Å². The number of rotatable bonds is 5. The number of carbonyl (C=O) groups is 3. The van der Waals surface area contributed by atoms with Gasteiger partial charge in [0.15, 0.2) is 6.04 Å². The molecule has 0 spiro atoms. The lowest BCUT2D eigenvalue weighted by Gasteiger charge is -2.35. The molecule has 8 nitrogen and oxygen atoms in total. The van der Waals surface area contributed by atoms with Gasteiger partial charge in [-0.1, -0.05) is 12.1 Å². The molecular formula is C23H26N3O5+. The van der Waals surface area contributed by atoms with Gasteiger partial charge in [0.2, 0.25) is 5.91 Å². The zero-order valence-electron chi connectivity index (χ0n) is 17.4. The third-order valence-electron chi connectivity index (χ3n) is 5.90. The fraction of sp³-hybridized carbons (Fsp3) is 0.348. The summed E-state index contributed by atoms with van der Waals surface area (Å²) in [5.74, 6) is -0.623. The molecule has 0 aliphatic carbocycles. The number of carbonyl (C=O) groups excluding carboxylic acids is 3. The number of hydrogen-bond acceptors (Lipinski definition) is 6. The van der Waals surface area contributed by atoms with E-state index in [1.54, 1.807) is 43.3 Å². The Morgan fingerprint density at radius 3 is 2.42 bits per heavy atom. The standard InChI is InChI=1S/C23H25N3O5/c1-2-31-23(30)16-7-9-17(10-8-16)26-21(28)15-19(22(26)29)25-13-11-24(12-14-25)18-5-3-4-6-20(18)27/h3-10,19,27H,2,11-15H2,1H3/p+1/t19-/m0/s1. The first kappa shape index (κ1) is 20.9. The van der Waals surface area contributed by atoms with Crippen LogP contribution in [0.25, 0.3) is 0 Å². The molecule has 2 amide bonds. The molecular weight excluding hydrogens is 398 g/mol. The van der Waals surface area contributed by atoms with Gasteiger partial charge in [-0.2, -0.15) is 0 Å². The van der Waals surface area contributed by atoms with E-state index in [9.17, 15) is 19.5 Å². The first-order valence-corrected chi connectivity index (χ1v) is 10.5. The first-order chi connectivity index (χ1) is 15.0. The number of nitrogens with one attached hydrogen (secondary N) is 1. The van der Waals surface area contributed by atoms with E-state index in [4.69, 9.17) is 4.74 Å². The molecule has 2 aromatic rings. The molecule has 162 valence electrons. The lowest BCUT2D eigenvalue weighted by Crippen LogP contribution is -3.19. The third kappa shape index (κ3) is 4.11. The molecule has 4 rings (SSSR count). The number of hydrogen-bond donors (Lipinski definition) is 2. The fourth-order valence-electron chi connectivity index (χ4n) is 4.30. The number of anilines is 2. The molecule has 2 N–H and O–H groups in total. The Morgan fingerprint density at radius 1 is 1.10 bits per heavy atom. The number of amides is 2. The van der Waals surface area contributed by atoms with Crippen molar-refractivity contribution < 1.29 is 29.1 Å². The van der Waals surface area contributed by atoms with Crippen LogP contribution in [-0.2, 0) is 14.3 Å². The van der Waals surface area contributed by atoms with Gasteiger partial charge < -0.3 is 19.6 Å². The average Bonchev–Trinajstić information content (AvgIpc) is 3.08. The van der Waals surface area contributed by atoms with Crippen LogP contribution in [0.4, 0.5) is 11.4 Å². The number of nitrogens with zero attached hydrogens (tertiary/aromatic N) is 2. The van der Waals surface area contributed by atoms with Gasteiger partial charge in [-0.15, -0.1) is 0 Å².